The van der Waals surface area contributed by atoms with Gasteiger partial charge in [-0.05, 0) is 61.0 Å². The molecule has 7 nitrogen and oxygen atoms in total. The molecule has 222 valence electrons. The van der Waals surface area contributed by atoms with Crippen LogP contribution in [0.5, 0.6) is 0 Å². The molecule has 3 aliphatic rings. The number of hydrogen-bond acceptors (Lipinski definition) is 6. The van der Waals surface area contributed by atoms with Gasteiger partial charge in [0.2, 0.25) is 5.95 Å². The number of benzene rings is 2. The molecule has 2 saturated heterocycles. The second kappa shape index (κ2) is 12.9. The fraction of sp³-hybridized carbons (Fsp3) is 0.500. The molecule has 0 spiro atoms. The Morgan fingerprint density at radius 1 is 0.810 bits per heavy atom. The number of nitrogens with one attached hydrogen (secondary N) is 2. The van der Waals surface area contributed by atoms with Crippen molar-refractivity contribution in [1.82, 2.24) is 15.3 Å². The van der Waals surface area contributed by atoms with Crippen LogP contribution in [-0.4, -0.2) is 60.9 Å². The highest BCUT2D eigenvalue weighted by molar-refractivity contribution is 7.80. The zero-order valence-electron chi connectivity index (χ0n) is 25.1. The quantitative estimate of drug-likeness (QED) is 0.325. The standard InChI is InChI=1S/C34H45N7S/c1-26-21-27(2)24-41(23-26)31-22-30(40-19-17-39(18-20-40)29-13-7-4-8-14-29)36-32(37-31)38-33(42)35-25-34(15-9-10-16-34)28-11-5-3-6-12-28/h3-8,11-14,22,26-27H,9-10,15-21,23-25H2,1-2H3,(H2,35,36,37,38,42)/t26-,27-/m0/s1. The van der Waals surface area contributed by atoms with Crippen LogP contribution in [0.25, 0.3) is 0 Å². The van der Waals surface area contributed by atoms with E-state index in [0.29, 0.717) is 22.9 Å². The van der Waals surface area contributed by atoms with Crippen molar-refractivity contribution >= 4 is 40.6 Å². The molecule has 1 aliphatic carbocycles. The van der Waals surface area contributed by atoms with Gasteiger partial charge in [-0.15, -0.1) is 0 Å². The Labute approximate surface area is 256 Å². The third-order valence-electron chi connectivity index (χ3n) is 9.38. The van der Waals surface area contributed by atoms with Gasteiger partial charge in [-0.3, -0.25) is 0 Å². The molecular formula is C34H45N7S. The highest BCUT2D eigenvalue weighted by atomic mass is 32.1. The third kappa shape index (κ3) is 6.64. The largest absolute Gasteiger partial charge is 0.368 e. The summed E-state index contributed by atoms with van der Waals surface area (Å²) in [5, 5.41) is 7.53. The molecule has 0 unspecified atom stereocenters. The topological polar surface area (TPSA) is 59.6 Å². The minimum absolute atomic E-state index is 0.124. The number of anilines is 4. The van der Waals surface area contributed by atoms with Gasteiger partial charge in [0.05, 0.1) is 0 Å². The number of hydrogen-bond donors (Lipinski definition) is 2. The summed E-state index contributed by atoms with van der Waals surface area (Å²) in [6.07, 6.45) is 6.15. The number of piperidine rings is 1. The summed E-state index contributed by atoms with van der Waals surface area (Å²) in [7, 11) is 0. The van der Waals surface area contributed by atoms with Gasteiger partial charge in [0, 0.05) is 63.0 Å². The van der Waals surface area contributed by atoms with Gasteiger partial charge in [0.1, 0.15) is 11.6 Å². The van der Waals surface area contributed by atoms with E-state index >= 15 is 0 Å². The number of aromatic nitrogens is 2. The maximum Gasteiger partial charge on any atom is 0.232 e. The lowest BCUT2D eigenvalue weighted by molar-refractivity contribution is 0.355. The normalized spacial score (nSPS) is 22.2. The zero-order valence-corrected chi connectivity index (χ0v) is 26.0. The summed E-state index contributed by atoms with van der Waals surface area (Å²) in [4.78, 5) is 17.3. The van der Waals surface area contributed by atoms with Crippen LogP contribution in [0.3, 0.4) is 0 Å². The van der Waals surface area contributed by atoms with E-state index in [4.69, 9.17) is 22.2 Å². The molecule has 2 N–H and O–H groups in total. The minimum atomic E-state index is 0.124. The molecule has 2 atom stereocenters. The first-order chi connectivity index (χ1) is 20.5. The van der Waals surface area contributed by atoms with E-state index in [1.54, 1.807) is 0 Å². The lowest BCUT2D eigenvalue weighted by Crippen LogP contribution is -2.47. The Bertz CT molecular complexity index is 1310. The van der Waals surface area contributed by atoms with Crippen LogP contribution < -0.4 is 25.3 Å². The summed E-state index contributed by atoms with van der Waals surface area (Å²) in [6, 6.07) is 23.8. The van der Waals surface area contributed by atoms with Crippen molar-refractivity contribution in [2.24, 2.45) is 11.8 Å². The molecule has 2 aliphatic heterocycles. The lowest BCUT2D eigenvalue weighted by atomic mass is 9.79. The van der Waals surface area contributed by atoms with E-state index in [1.807, 2.05) is 0 Å². The molecule has 1 saturated carbocycles. The first-order valence-electron chi connectivity index (χ1n) is 15.8. The number of nitrogens with zero attached hydrogens (tertiary/aromatic N) is 5. The van der Waals surface area contributed by atoms with Crippen LogP contribution in [0.2, 0.25) is 0 Å². The summed E-state index contributed by atoms with van der Waals surface area (Å²) in [5.41, 5.74) is 2.81. The van der Waals surface area contributed by atoms with Gasteiger partial charge in [-0.1, -0.05) is 75.2 Å². The predicted octanol–water partition coefficient (Wildman–Crippen LogP) is 6.08. The summed E-state index contributed by atoms with van der Waals surface area (Å²) in [5.74, 6) is 3.82. The highest BCUT2D eigenvalue weighted by Crippen LogP contribution is 2.40. The molecule has 0 amide bonds. The fourth-order valence-corrected chi connectivity index (χ4v) is 7.45. The molecule has 8 heteroatoms. The van der Waals surface area contributed by atoms with E-state index in [0.717, 1.165) is 57.4 Å². The Balaban J connectivity index is 1.18. The predicted molar refractivity (Wildman–Crippen MR) is 179 cm³/mol. The van der Waals surface area contributed by atoms with Crippen molar-refractivity contribution in [1.29, 1.82) is 0 Å². The van der Waals surface area contributed by atoms with Gasteiger partial charge in [0.25, 0.3) is 0 Å². The van der Waals surface area contributed by atoms with Crippen molar-refractivity contribution in [3.05, 3.63) is 72.3 Å². The van der Waals surface area contributed by atoms with E-state index < -0.39 is 0 Å². The molecule has 3 heterocycles. The molecule has 42 heavy (non-hydrogen) atoms. The van der Waals surface area contributed by atoms with Crippen molar-refractivity contribution in [3.8, 4) is 0 Å². The number of thiocarbonyl (C=S) groups is 1. The van der Waals surface area contributed by atoms with Gasteiger partial charge in [-0.2, -0.15) is 9.97 Å². The van der Waals surface area contributed by atoms with E-state index in [1.165, 1.54) is 43.4 Å². The zero-order chi connectivity index (χ0) is 28.9. The average molecular weight is 584 g/mol. The van der Waals surface area contributed by atoms with Crippen LogP contribution >= 0.6 is 12.2 Å². The molecule has 2 aromatic carbocycles. The van der Waals surface area contributed by atoms with Crippen molar-refractivity contribution in [2.75, 3.05) is 65.8 Å². The van der Waals surface area contributed by atoms with Crippen LogP contribution in [0.15, 0.2) is 66.7 Å². The molecule has 1 aromatic heterocycles. The SMILES string of the molecule is C[C@H]1C[C@H](C)CN(c2cc(N3CCN(c4ccccc4)CC3)nc(NC(=S)NCC3(c4ccccc4)CCCC3)n2)C1. The van der Waals surface area contributed by atoms with E-state index in [-0.39, 0.29) is 5.41 Å². The fourth-order valence-electron chi connectivity index (χ4n) is 7.29. The second-order valence-corrected chi connectivity index (χ2v) is 13.1. The number of rotatable bonds is 7. The van der Waals surface area contributed by atoms with Crippen LogP contribution in [-0.2, 0) is 5.41 Å². The molecule has 3 fully saturated rings. The maximum atomic E-state index is 5.84. The van der Waals surface area contributed by atoms with Crippen LogP contribution in [0, 0.1) is 11.8 Å². The minimum Gasteiger partial charge on any atom is -0.368 e. The van der Waals surface area contributed by atoms with Crippen molar-refractivity contribution in [2.45, 2.75) is 51.4 Å². The Morgan fingerprint density at radius 2 is 1.38 bits per heavy atom. The molecule has 3 aromatic rings. The van der Waals surface area contributed by atoms with Gasteiger partial charge in [0.15, 0.2) is 5.11 Å². The first kappa shape index (κ1) is 28.7. The summed E-state index contributed by atoms with van der Waals surface area (Å²) >= 11 is 5.84. The Morgan fingerprint density at radius 3 is 2.02 bits per heavy atom. The summed E-state index contributed by atoms with van der Waals surface area (Å²) < 4.78 is 0. The van der Waals surface area contributed by atoms with Crippen molar-refractivity contribution in [3.63, 3.8) is 0 Å². The smallest absolute Gasteiger partial charge is 0.232 e. The van der Waals surface area contributed by atoms with E-state index in [2.05, 4.69) is 106 Å². The van der Waals surface area contributed by atoms with Gasteiger partial charge >= 0.3 is 0 Å². The highest BCUT2D eigenvalue weighted by Gasteiger charge is 2.35. The van der Waals surface area contributed by atoms with Crippen LogP contribution in [0.1, 0.15) is 51.5 Å². The number of piperazine rings is 1. The van der Waals surface area contributed by atoms with Gasteiger partial charge in [-0.25, -0.2) is 0 Å². The molecule has 6 rings (SSSR count). The molecule has 0 bridgehead atoms. The Hall–Kier alpha value is -3.39. The van der Waals surface area contributed by atoms with Crippen molar-refractivity contribution < 1.29 is 0 Å². The monoisotopic (exact) mass is 583 g/mol. The lowest BCUT2D eigenvalue weighted by Gasteiger charge is -2.38. The molecule has 0 radical (unpaired) electrons. The Kier molecular flexibility index (Phi) is 8.79. The molecular weight excluding hydrogens is 538 g/mol. The third-order valence-corrected chi connectivity index (χ3v) is 9.62. The second-order valence-electron chi connectivity index (χ2n) is 12.7. The average Bonchev–Trinajstić information content (AvgIpc) is 3.51. The first-order valence-corrected chi connectivity index (χ1v) is 16.2. The maximum absolute atomic E-state index is 5.84. The van der Waals surface area contributed by atoms with Gasteiger partial charge < -0.3 is 25.3 Å². The van der Waals surface area contributed by atoms with E-state index in [9.17, 15) is 0 Å². The summed E-state index contributed by atoms with van der Waals surface area (Å²) in [6.45, 7) is 11.3. The van der Waals surface area contributed by atoms with Crippen LogP contribution in [0.4, 0.5) is 23.3 Å². The number of para-hydroxylation sites is 1.